The van der Waals surface area contributed by atoms with E-state index >= 15 is 0 Å². The molecule has 0 saturated carbocycles. The number of hydrogen-bond donors (Lipinski definition) is 1. The SMILES string of the molecule is FC(F)(F)c1cc(=S)c(Cl)n[nH]1. The van der Waals surface area contributed by atoms with E-state index < -0.39 is 11.9 Å². The van der Waals surface area contributed by atoms with Gasteiger partial charge in [0.1, 0.15) is 5.69 Å². The van der Waals surface area contributed by atoms with Crippen molar-refractivity contribution in [1.82, 2.24) is 10.2 Å². The molecule has 0 fully saturated rings. The first kappa shape index (κ1) is 9.47. The van der Waals surface area contributed by atoms with E-state index in [0.717, 1.165) is 6.07 Å². The molecule has 0 aromatic carbocycles. The average Bonchev–Trinajstić information content (AvgIpc) is 1.92. The van der Waals surface area contributed by atoms with Gasteiger partial charge < -0.3 is 0 Å². The van der Waals surface area contributed by atoms with Crippen LogP contribution in [0.3, 0.4) is 0 Å². The van der Waals surface area contributed by atoms with Crippen LogP contribution >= 0.6 is 23.8 Å². The molecule has 1 heterocycles. The Morgan fingerprint density at radius 1 is 1.50 bits per heavy atom. The molecule has 1 N–H and O–H groups in total. The fourth-order valence-electron chi connectivity index (χ4n) is 0.533. The van der Waals surface area contributed by atoms with Crippen LogP contribution in [0.15, 0.2) is 6.07 Å². The van der Waals surface area contributed by atoms with Crippen LogP contribution in [0.4, 0.5) is 13.2 Å². The molecule has 0 aliphatic carbocycles. The molecule has 0 radical (unpaired) electrons. The lowest BCUT2D eigenvalue weighted by Gasteiger charge is -2.04. The molecule has 1 aromatic rings. The van der Waals surface area contributed by atoms with Gasteiger partial charge in [-0.25, -0.2) is 0 Å². The van der Waals surface area contributed by atoms with Crippen LogP contribution in [-0.4, -0.2) is 10.2 Å². The summed E-state index contributed by atoms with van der Waals surface area (Å²) >= 11 is 9.81. The van der Waals surface area contributed by atoms with Crippen molar-refractivity contribution in [2.45, 2.75) is 6.18 Å². The summed E-state index contributed by atoms with van der Waals surface area (Å²) in [4.78, 5) is 0. The van der Waals surface area contributed by atoms with Crippen molar-refractivity contribution in [3.8, 4) is 0 Å². The number of H-pyrrole nitrogens is 1. The van der Waals surface area contributed by atoms with Crippen molar-refractivity contribution in [3.63, 3.8) is 0 Å². The molecule has 0 aliphatic rings. The summed E-state index contributed by atoms with van der Waals surface area (Å²) in [6, 6.07) is 0.727. The number of nitrogens with zero attached hydrogens (tertiary/aromatic N) is 1. The van der Waals surface area contributed by atoms with E-state index in [-0.39, 0.29) is 9.66 Å². The number of rotatable bonds is 0. The predicted octanol–water partition coefficient (Wildman–Crippen LogP) is 2.81. The van der Waals surface area contributed by atoms with E-state index in [4.69, 9.17) is 11.6 Å². The number of alkyl halides is 3. The second-order valence-electron chi connectivity index (χ2n) is 1.93. The zero-order valence-corrected chi connectivity index (χ0v) is 7.02. The number of halogens is 4. The maximum Gasteiger partial charge on any atom is 0.432 e. The van der Waals surface area contributed by atoms with Crippen molar-refractivity contribution in [2.75, 3.05) is 0 Å². The van der Waals surface area contributed by atoms with E-state index in [1.54, 1.807) is 5.10 Å². The van der Waals surface area contributed by atoms with Crippen molar-refractivity contribution in [1.29, 1.82) is 0 Å². The van der Waals surface area contributed by atoms with Crippen LogP contribution in [0.1, 0.15) is 5.69 Å². The zero-order chi connectivity index (χ0) is 9.35. The lowest BCUT2D eigenvalue weighted by molar-refractivity contribution is -0.141. The number of nitrogens with one attached hydrogen (secondary N) is 1. The molecule has 0 bridgehead atoms. The normalized spacial score (nSPS) is 11.7. The Morgan fingerprint density at radius 3 is 2.50 bits per heavy atom. The summed E-state index contributed by atoms with van der Waals surface area (Å²) in [6.07, 6.45) is -4.47. The minimum atomic E-state index is -4.47. The van der Waals surface area contributed by atoms with E-state index in [2.05, 4.69) is 17.3 Å². The van der Waals surface area contributed by atoms with Gasteiger partial charge in [-0.2, -0.15) is 18.3 Å². The van der Waals surface area contributed by atoms with Crippen molar-refractivity contribution < 1.29 is 13.2 Å². The minimum absolute atomic E-state index is 0.122. The van der Waals surface area contributed by atoms with Crippen LogP contribution in [0, 0.1) is 4.51 Å². The molecule has 0 saturated heterocycles. The van der Waals surface area contributed by atoms with Crippen molar-refractivity contribution >= 4 is 23.8 Å². The van der Waals surface area contributed by atoms with Gasteiger partial charge >= 0.3 is 6.18 Å². The second-order valence-corrected chi connectivity index (χ2v) is 2.73. The number of hydrogen-bond acceptors (Lipinski definition) is 2. The summed E-state index contributed by atoms with van der Waals surface area (Å²) in [7, 11) is 0. The van der Waals surface area contributed by atoms with Crippen molar-refractivity contribution in [3.05, 3.63) is 21.4 Å². The van der Waals surface area contributed by atoms with Gasteiger partial charge in [-0.05, 0) is 6.07 Å². The van der Waals surface area contributed by atoms with E-state index in [1.807, 2.05) is 0 Å². The zero-order valence-electron chi connectivity index (χ0n) is 5.44. The lowest BCUT2D eigenvalue weighted by Crippen LogP contribution is -2.08. The third-order valence-corrected chi connectivity index (χ3v) is 1.77. The maximum absolute atomic E-state index is 11.9. The Morgan fingerprint density at radius 2 is 2.08 bits per heavy atom. The van der Waals surface area contributed by atoms with Crippen LogP contribution in [0.5, 0.6) is 0 Å². The highest BCUT2D eigenvalue weighted by Gasteiger charge is 2.32. The number of aromatic amines is 1. The standard InChI is InChI=1S/C5H2ClF3N2S/c6-4-2(12)1-3(10-11-4)5(7,8)9/h1H,(H,10,12). The first-order chi connectivity index (χ1) is 5.41. The third kappa shape index (κ3) is 1.95. The summed E-state index contributed by atoms with van der Waals surface area (Å²) in [5.74, 6) is 0. The van der Waals surface area contributed by atoms with E-state index in [9.17, 15) is 13.2 Å². The van der Waals surface area contributed by atoms with Gasteiger partial charge in [-0.1, -0.05) is 23.8 Å². The van der Waals surface area contributed by atoms with Gasteiger partial charge in [0.2, 0.25) is 0 Å². The topological polar surface area (TPSA) is 28.7 Å². The van der Waals surface area contributed by atoms with Crippen molar-refractivity contribution in [2.24, 2.45) is 0 Å². The molecule has 0 atom stereocenters. The Labute approximate surface area is 75.4 Å². The molecule has 1 rings (SSSR count). The van der Waals surface area contributed by atoms with Gasteiger partial charge in [0, 0.05) is 0 Å². The summed E-state index contributed by atoms with van der Waals surface area (Å²) in [5, 5.41) is 4.76. The fourth-order valence-corrected chi connectivity index (χ4v) is 0.793. The molecular formula is C5H2ClF3N2S. The highest BCUT2D eigenvalue weighted by atomic mass is 35.5. The second kappa shape index (κ2) is 3.02. The molecule has 12 heavy (non-hydrogen) atoms. The fraction of sp³-hybridized carbons (Fsp3) is 0.200. The summed E-state index contributed by atoms with van der Waals surface area (Å²) in [6.45, 7) is 0. The smallest absolute Gasteiger partial charge is 0.272 e. The predicted molar refractivity (Wildman–Crippen MR) is 39.4 cm³/mol. The molecule has 2 nitrogen and oxygen atoms in total. The highest BCUT2D eigenvalue weighted by Crippen LogP contribution is 2.27. The Hall–Kier alpha value is -0.620. The van der Waals surface area contributed by atoms with Crippen LogP contribution in [-0.2, 0) is 6.18 Å². The first-order valence-corrected chi connectivity index (χ1v) is 3.52. The molecule has 0 amide bonds. The molecule has 0 unspecified atom stereocenters. The van der Waals surface area contributed by atoms with Gasteiger partial charge in [0.25, 0.3) is 0 Å². The van der Waals surface area contributed by atoms with Crippen LogP contribution < -0.4 is 0 Å². The largest absolute Gasteiger partial charge is 0.432 e. The Bertz CT molecular complexity index is 345. The Kier molecular flexibility index (Phi) is 2.39. The molecule has 7 heteroatoms. The monoisotopic (exact) mass is 214 g/mol. The molecule has 66 valence electrons. The molecular weight excluding hydrogens is 213 g/mol. The Balaban J connectivity index is 3.23. The maximum atomic E-state index is 11.9. The minimum Gasteiger partial charge on any atom is -0.272 e. The van der Waals surface area contributed by atoms with Gasteiger partial charge in [0.15, 0.2) is 5.15 Å². The highest BCUT2D eigenvalue weighted by molar-refractivity contribution is 7.71. The van der Waals surface area contributed by atoms with Gasteiger partial charge in [-0.3, -0.25) is 5.10 Å². The summed E-state index contributed by atoms with van der Waals surface area (Å²) in [5.41, 5.74) is -1.00. The third-order valence-electron chi connectivity index (χ3n) is 1.06. The number of aromatic nitrogens is 2. The van der Waals surface area contributed by atoms with E-state index in [0.29, 0.717) is 0 Å². The van der Waals surface area contributed by atoms with Gasteiger partial charge in [-0.15, -0.1) is 0 Å². The first-order valence-electron chi connectivity index (χ1n) is 2.73. The van der Waals surface area contributed by atoms with Gasteiger partial charge in [0.05, 0.1) is 4.51 Å². The summed E-state index contributed by atoms with van der Waals surface area (Å²) < 4.78 is 35.7. The molecule has 0 aliphatic heterocycles. The van der Waals surface area contributed by atoms with Crippen LogP contribution in [0.2, 0.25) is 5.15 Å². The molecule has 1 aromatic heterocycles. The van der Waals surface area contributed by atoms with Crippen LogP contribution in [0.25, 0.3) is 0 Å². The lowest BCUT2D eigenvalue weighted by atomic mass is 10.4. The average molecular weight is 215 g/mol. The van der Waals surface area contributed by atoms with E-state index in [1.165, 1.54) is 0 Å². The molecule has 0 spiro atoms. The quantitative estimate of drug-likeness (QED) is 0.673.